The second-order valence-corrected chi connectivity index (χ2v) is 6.13. The predicted molar refractivity (Wildman–Crippen MR) is 81.1 cm³/mol. The molecule has 3 aromatic heterocycles. The SMILES string of the molecule is Nc1nc2c(s1)[C@H](c1ccc(-c3ccn[nH]3)o1)CC(=O)NC2. The monoisotopic (exact) mass is 315 g/mol. The number of hydrogen-bond donors (Lipinski definition) is 3. The largest absolute Gasteiger partial charge is 0.459 e. The zero-order valence-corrected chi connectivity index (χ0v) is 12.3. The molecular weight excluding hydrogens is 302 g/mol. The number of thiazole rings is 1. The average Bonchev–Trinajstić information content (AvgIpc) is 3.21. The number of anilines is 1. The molecule has 1 amide bonds. The van der Waals surface area contributed by atoms with Crippen LogP contribution >= 0.6 is 11.3 Å². The van der Waals surface area contributed by atoms with Gasteiger partial charge in [0.05, 0.1) is 18.2 Å². The highest BCUT2D eigenvalue weighted by atomic mass is 32.1. The van der Waals surface area contributed by atoms with Crippen LogP contribution in [0.4, 0.5) is 5.13 Å². The molecule has 0 aromatic carbocycles. The van der Waals surface area contributed by atoms with E-state index in [1.165, 1.54) is 11.3 Å². The molecule has 0 bridgehead atoms. The Bertz CT molecular complexity index is 820. The predicted octanol–water partition coefficient (Wildman–Crippen LogP) is 1.86. The number of hydrogen-bond acceptors (Lipinski definition) is 6. The number of carbonyl (C=O) groups is 1. The number of nitrogens with zero attached hydrogens (tertiary/aromatic N) is 2. The summed E-state index contributed by atoms with van der Waals surface area (Å²) in [7, 11) is 0. The molecule has 4 N–H and O–H groups in total. The summed E-state index contributed by atoms with van der Waals surface area (Å²) in [5.74, 6) is 1.24. The summed E-state index contributed by atoms with van der Waals surface area (Å²) >= 11 is 1.41. The Labute approximate surface area is 129 Å². The van der Waals surface area contributed by atoms with Gasteiger partial charge in [-0.25, -0.2) is 4.98 Å². The zero-order chi connectivity index (χ0) is 15.1. The van der Waals surface area contributed by atoms with Crippen molar-refractivity contribution in [2.24, 2.45) is 0 Å². The Hall–Kier alpha value is -2.61. The number of H-pyrrole nitrogens is 1. The normalized spacial score (nSPS) is 17.8. The number of aromatic nitrogens is 3. The van der Waals surface area contributed by atoms with Gasteiger partial charge in [0.2, 0.25) is 5.91 Å². The summed E-state index contributed by atoms with van der Waals surface area (Å²) in [6.07, 6.45) is 1.99. The van der Waals surface area contributed by atoms with Gasteiger partial charge < -0.3 is 15.5 Å². The Morgan fingerprint density at radius 2 is 2.27 bits per heavy atom. The lowest BCUT2D eigenvalue weighted by Crippen LogP contribution is -2.21. The van der Waals surface area contributed by atoms with Gasteiger partial charge in [-0.2, -0.15) is 5.10 Å². The number of carbonyl (C=O) groups excluding carboxylic acids is 1. The number of fused-ring (bicyclic) bond motifs is 1. The fourth-order valence-electron chi connectivity index (χ4n) is 2.62. The quantitative estimate of drug-likeness (QED) is 0.668. The minimum Gasteiger partial charge on any atom is -0.459 e. The molecule has 112 valence electrons. The van der Waals surface area contributed by atoms with Crippen molar-refractivity contribution in [1.82, 2.24) is 20.5 Å². The number of nitrogen functional groups attached to an aromatic ring is 1. The first-order valence-corrected chi connectivity index (χ1v) is 7.63. The third-order valence-electron chi connectivity index (χ3n) is 3.64. The van der Waals surface area contributed by atoms with E-state index in [0.29, 0.717) is 23.9 Å². The van der Waals surface area contributed by atoms with E-state index in [1.54, 1.807) is 6.20 Å². The maximum atomic E-state index is 11.9. The summed E-state index contributed by atoms with van der Waals surface area (Å²) in [4.78, 5) is 17.2. The molecule has 0 radical (unpaired) electrons. The number of nitrogens with one attached hydrogen (secondary N) is 2. The van der Waals surface area contributed by atoms with Gasteiger partial charge in [-0.15, -0.1) is 11.3 Å². The molecule has 8 heteroatoms. The van der Waals surface area contributed by atoms with Gasteiger partial charge in [0, 0.05) is 17.5 Å². The summed E-state index contributed by atoms with van der Waals surface area (Å²) in [6.45, 7) is 0.409. The molecule has 0 unspecified atom stereocenters. The molecule has 0 spiro atoms. The van der Waals surface area contributed by atoms with Crippen molar-refractivity contribution in [2.75, 3.05) is 5.73 Å². The van der Waals surface area contributed by atoms with Crippen LogP contribution in [0.2, 0.25) is 0 Å². The lowest BCUT2D eigenvalue weighted by atomic mass is 10.00. The van der Waals surface area contributed by atoms with Crippen molar-refractivity contribution in [3.05, 3.63) is 40.7 Å². The molecule has 0 fully saturated rings. The van der Waals surface area contributed by atoms with Crippen molar-refractivity contribution < 1.29 is 9.21 Å². The van der Waals surface area contributed by atoms with Gasteiger partial charge in [0.1, 0.15) is 11.5 Å². The van der Waals surface area contributed by atoms with E-state index >= 15 is 0 Å². The van der Waals surface area contributed by atoms with Gasteiger partial charge in [0.15, 0.2) is 10.9 Å². The number of nitrogens with two attached hydrogens (primary N) is 1. The van der Waals surface area contributed by atoms with Crippen molar-refractivity contribution in [3.63, 3.8) is 0 Å². The van der Waals surface area contributed by atoms with E-state index in [-0.39, 0.29) is 11.8 Å². The number of furan rings is 1. The van der Waals surface area contributed by atoms with Crippen LogP contribution in [0, 0.1) is 0 Å². The lowest BCUT2D eigenvalue weighted by molar-refractivity contribution is -0.121. The third-order valence-corrected chi connectivity index (χ3v) is 4.68. The number of amides is 1. The first-order valence-electron chi connectivity index (χ1n) is 6.82. The fraction of sp³-hybridized carbons (Fsp3) is 0.214. The summed E-state index contributed by atoms with van der Waals surface area (Å²) < 4.78 is 5.92. The van der Waals surface area contributed by atoms with Crippen LogP contribution in [0.15, 0.2) is 28.8 Å². The molecule has 4 heterocycles. The van der Waals surface area contributed by atoms with Crippen LogP contribution < -0.4 is 11.1 Å². The number of rotatable bonds is 2. The van der Waals surface area contributed by atoms with E-state index < -0.39 is 0 Å². The maximum Gasteiger partial charge on any atom is 0.221 e. The molecule has 1 atom stereocenters. The highest BCUT2D eigenvalue weighted by molar-refractivity contribution is 7.15. The first kappa shape index (κ1) is 13.1. The van der Waals surface area contributed by atoms with Crippen LogP contribution in [0.25, 0.3) is 11.5 Å². The lowest BCUT2D eigenvalue weighted by Gasteiger charge is -2.09. The summed E-state index contributed by atoms with van der Waals surface area (Å²) in [5, 5.41) is 10.1. The second-order valence-electron chi connectivity index (χ2n) is 5.07. The molecule has 3 aromatic rings. The van der Waals surface area contributed by atoms with E-state index in [1.807, 2.05) is 18.2 Å². The smallest absolute Gasteiger partial charge is 0.221 e. The van der Waals surface area contributed by atoms with E-state index in [4.69, 9.17) is 10.2 Å². The Morgan fingerprint density at radius 1 is 1.36 bits per heavy atom. The van der Waals surface area contributed by atoms with Crippen LogP contribution in [0.5, 0.6) is 0 Å². The zero-order valence-electron chi connectivity index (χ0n) is 11.5. The van der Waals surface area contributed by atoms with Crippen LogP contribution in [0.3, 0.4) is 0 Å². The summed E-state index contributed by atoms with van der Waals surface area (Å²) in [6, 6.07) is 5.59. The molecule has 0 aliphatic carbocycles. The molecule has 1 aliphatic rings. The summed E-state index contributed by atoms with van der Waals surface area (Å²) in [5.41, 5.74) is 7.43. The Morgan fingerprint density at radius 3 is 3.09 bits per heavy atom. The maximum absolute atomic E-state index is 11.9. The molecule has 7 nitrogen and oxygen atoms in total. The molecular formula is C14H13N5O2S. The third kappa shape index (κ3) is 2.17. The van der Waals surface area contributed by atoms with E-state index in [2.05, 4.69) is 20.5 Å². The molecule has 0 saturated carbocycles. The topological polar surface area (TPSA) is 110 Å². The fourth-order valence-corrected chi connectivity index (χ4v) is 3.58. The molecule has 22 heavy (non-hydrogen) atoms. The van der Waals surface area contributed by atoms with E-state index in [0.717, 1.165) is 22.0 Å². The Kier molecular flexibility index (Phi) is 2.97. The molecule has 0 saturated heterocycles. The van der Waals surface area contributed by atoms with E-state index in [9.17, 15) is 4.79 Å². The van der Waals surface area contributed by atoms with Crippen LogP contribution in [-0.2, 0) is 11.3 Å². The average molecular weight is 315 g/mol. The highest BCUT2D eigenvalue weighted by Crippen LogP contribution is 2.38. The van der Waals surface area contributed by atoms with Crippen LogP contribution in [-0.4, -0.2) is 21.1 Å². The standard InChI is InChI=1S/C14H13N5O2S/c15-14-18-9-6-16-12(20)5-7(13(9)22-14)10-1-2-11(21-10)8-3-4-17-19-8/h1-4,7H,5-6H2,(H2,15,18)(H,16,20)(H,17,19)/t7-/m0/s1. The Balaban J connectivity index is 1.75. The van der Waals surface area contributed by atoms with Gasteiger partial charge in [0.25, 0.3) is 0 Å². The minimum absolute atomic E-state index is 0.0201. The van der Waals surface area contributed by atoms with Gasteiger partial charge in [-0.1, -0.05) is 0 Å². The van der Waals surface area contributed by atoms with Gasteiger partial charge >= 0.3 is 0 Å². The molecule has 1 aliphatic heterocycles. The van der Waals surface area contributed by atoms with Crippen molar-refractivity contribution in [1.29, 1.82) is 0 Å². The second kappa shape index (κ2) is 4.99. The number of aromatic amines is 1. The van der Waals surface area contributed by atoms with Crippen molar-refractivity contribution in [2.45, 2.75) is 18.9 Å². The molecule has 4 rings (SSSR count). The first-order chi connectivity index (χ1) is 10.7. The van der Waals surface area contributed by atoms with Crippen LogP contribution in [0.1, 0.15) is 28.7 Å². The highest BCUT2D eigenvalue weighted by Gasteiger charge is 2.30. The van der Waals surface area contributed by atoms with Gasteiger partial charge in [-0.05, 0) is 18.2 Å². The van der Waals surface area contributed by atoms with Crippen molar-refractivity contribution >= 4 is 22.4 Å². The minimum atomic E-state index is -0.163. The van der Waals surface area contributed by atoms with Crippen molar-refractivity contribution in [3.8, 4) is 11.5 Å². The van der Waals surface area contributed by atoms with Gasteiger partial charge in [-0.3, -0.25) is 9.89 Å².